The molecule has 27 heavy (non-hydrogen) atoms. The Morgan fingerprint density at radius 1 is 0.778 bits per heavy atom. The predicted octanol–water partition coefficient (Wildman–Crippen LogP) is 5.03. The highest BCUT2D eigenvalue weighted by atomic mass is 16.5. The van der Waals surface area contributed by atoms with Crippen molar-refractivity contribution in [3.8, 4) is 11.5 Å². The van der Waals surface area contributed by atoms with Gasteiger partial charge in [0.15, 0.2) is 0 Å². The van der Waals surface area contributed by atoms with E-state index < -0.39 is 17.3 Å². The molecule has 2 atom stereocenters. The van der Waals surface area contributed by atoms with Crippen LogP contribution < -0.4 is 9.47 Å². The first-order chi connectivity index (χ1) is 12.7. The Kier molecular flexibility index (Phi) is 6.90. The molecule has 2 aromatic carbocycles. The van der Waals surface area contributed by atoms with Crippen LogP contribution in [0.4, 0.5) is 0 Å². The van der Waals surface area contributed by atoms with E-state index in [4.69, 9.17) is 14.2 Å². The second-order valence-electron chi connectivity index (χ2n) is 7.33. The van der Waals surface area contributed by atoms with Gasteiger partial charge in [-0.2, -0.15) is 0 Å². The fourth-order valence-corrected chi connectivity index (χ4v) is 3.03. The Balaban J connectivity index is 2.13. The summed E-state index contributed by atoms with van der Waals surface area (Å²) in [4.78, 5) is 0. The van der Waals surface area contributed by atoms with Gasteiger partial charge in [-0.25, -0.2) is 0 Å². The molecule has 0 aliphatic rings. The molecule has 0 saturated carbocycles. The van der Waals surface area contributed by atoms with Gasteiger partial charge in [0, 0.05) is 0 Å². The van der Waals surface area contributed by atoms with Gasteiger partial charge in [0.2, 0.25) is 0 Å². The quantitative estimate of drug-likeness (QED) is 0.670. The first kappa shape index (κ1) is 21.3. The lowest BCUT2D eigenvalue weighted by Gasteiger charge is -2.37. The second kappa shape index (κ2) is 8.77. The number of benzene rings is 2. The molecule has 2 aromatic rings. The van der Waals surface area contributed by atoms with Crippen molar-refractivity contribution in [2.45, 2.75) is 58.8 Å². The van der Waals surface area contributed by atoms with Crippen molar-refractivity contribution in [2.75, 3.05) is 13.2 Å². The zero-order chi connectivity index (χ0) is 20.1. The maximum absolute atomic E-state index is 11.1. The zero-order valence-electron chi connectivity index (χ0n) is 17.3. The van der Waals surface area contributed by atoms with Crippen LogP contribution in [0.2, 0.25) is 0 Å². The summed E-state index contributed by atoms with van der Waals surface area (Å²) in [5.41, 5.74) is 0.133. The summed E-state index contributed by atoms with van der Waals surface area (Å²) in [5.74, 6) is 1.63. The molecule has 0 aromatic heterocycles. The minimum absolute atomic E-state index is 0.419. The molecular weight excluding hydrogens is 340 g/mol. The average Bonchev–Trinajstić information content (AvgIpc) is 2.63. The Morgan fingerprint density at radius 3 is 1.59 bits per heavy atom. The lowest BCUT2D eigenvalue weighted by molar-refractivity contribution is -0.157. The van der Waals surface area contributed by atoms with Gasteiger partial charge >= 0.3 is 0 Å². The van der Waals surface area contributed by atoms with Crippen molar-refractivity contribution >= 4 is 0 Å². The van der Waals surface area contributed by atoms with Crippen LogP contribution in [0.1, 0.15) is 52.7 Å². The number of aliphatic hydroxyl groups is 1. The topological polar surface area (TPSA) is 47.9 Å². The van der Waals surface area contributed by atoms with Crippen molar-refractivity contribution in [2.24, 2.45) is 0 Å². The van der Waals surface area contributed by atoms with Crippen LogP contribution in [-0.4, -0.2) is 24.4 Å². The molecule has 0 amide bonds. The van der Waals surface area contributed by atoms with Crippen molar-refractivity contribution in [3.05, 3.63) is 59.7 Å². The SMILES string of the molecule is CCOc1ccc(C(C)(C)OC(C)C(C)(O)c2ccc(OCC)cc2)cc1. The van der Waals surface area contributed by atoms with Crippen LogP contribution >= 0.6 is 0 Å². The van der Waals surface area contributed by atoms with Gasteiger partial charge in [-0.15, -0.1) is 0 Å². The second-order valence-corrected chi connectivity index (χ2v) is 7.33. The molecule has 1 N–H and O–H groups in total. The van der Waals surface area contributed by atoms with E-state index in [-0.39, 0.29) is 0 Å². The maximum atomic E-state index is 11.1. The van der Waals surface area contributed by atoms with Crippen molar-refractivity contribution in [3.63, 3.8) is 0 Å². The van der Waals surface area contributed by atoms with Gasteiger partial charge in [-0.05, 0) is 76.9 Å². The molecule has 0 radical (unpaired) electrons. The monoisotopic (exact) mass is 372 g/mol. The molecular formula is C23H32O4. The third-order valence-electron chi connectivity index (χ3n) is 4.87. The molecule has 0 saturated heterocycles. The number of hydrogen-bond donors (Lipinski definition) is 1. The van der Waals surface area contributed by atoms with Crippen molar-refractivity contribution in [1.29, 1.82) is 0 Å². The van der Waals surface area contributed by atoms with Gasteiger partial charge < -0.3 is 19.3 Å². The molecule has 0 fully saturated rings. The molecule has 2 rings (SSSR count). The van der Waals surface area contributed by atoms with E-state index in [9.17, 15) is 5.11 Å². The van der Waals surface area contributed by atoms with Crippen molar-refractivity contribution in [1.82, 2.24) is 0 Å². The Morgan fingerprint density at radius 2 is 1.19 bits per heavy atom. The largest absolute Gasteiger partial charge is 0.494 e. The Bertz CT molecular complexity index is 702. The summed E-state index contributed by atoms with van der Waals surface area (Å²) in [7, 11) is 0. The van der Waals surface area contributed by atoms with Crippen LogP contribution in [0.15, 0.2) is 48.5 Å². The molecule has 0 aliphatic heterocycles. The summed E-state index contributed by atoms with van der Waals surface area (Å²) in [6, 6.07) is 15.4. The van der Waals surface area contributed by atoms with Crippen LogP contribution in [0, 0.1) is 0 Å². The van der Waals surface area contributed by atoms with E-state index in [1.165, 1.54) is 0 Å². The van der Waals surface area contributed by atoms with E-state index >= 15 is 0 Å². The Labute approximate surface area is 163 Å². The van der Waals surface area contributed by atoms with E-state index in [0.29, 0.717) is 13.2 Å². The fourth-order valence-electron chi connectivity index (χ4n) is 3.03. The minimum Gasteiger partial charge on any atom is -0.494 e. The fraction of sp³-hybridized carbons (Fsp3) is 0.478. The van der Waals surface area contributed by atoms with Crippen LogP contribution in [0.25, 0.3) is 0 Å². The summed E-state index contributed by atoms with van der Waals surface area (Å²) in [5, 5.41) is 11.1. The highest BCUT2D eigenvalue weighted by Crippen LogP contribution is 2.34. The third kappa shape index (κ3) is 5.24. The van der Waals surface area contributed by atoms with Gasteiger partial charge in [-0.1, -0.05) is 24.3 Å². The minimum atomic E-state index is -1.13. The molecule has 0 aliphatic carbocycles. The summed E-state index contributed by atoms with van der Waals surface area (Å²) >= 11 is 0. The van der Waals surface area contributed by atoms with Crippen molar-refractivity contribution < 1.29 is 19.3 Å². The average molecular weight is 373 g/mol. The van der Waals surface area contributed by atoms with E-state index in [0.717, 1.165) is 22.6 Å². The first-order valence-electron chi connectivity index (χ1n) is 9.57. The molecule has 0 heterocycles. The lowest BCUT2D eigenvalue weighted by atomic mass is 9.89. The van der Waals surface area contributed by atoms with Crippen LogP contribution in [0.3, 0.4) is 0 Å². The summed E-state index contributed by atoms with van der Waals surface area (Å²) < 4.78 is 17.3. The normalized spacial score (nSPS) is 15.1. The van der Waals surface area contributed by atoms with Gasteiger partial charge in [0.25, 0.3) is 0 Å². The smallest absolute Gasteiger partial charge is 0.119 e. The molecule has 0 spiro atoms. The third-order valence-corrected chi connectivity index (χ3v) is 4.87. The zero-order valence-corrected chi connectivity index (χ0v) is 17.3. The first-order valence-corrected chi connectivity index (χ1v) is 9.57. The van der Waals surface area contributed by atoms with Crippen LogP contribution in [0.5, 0.6) is 11.5 Å². The number of hydrogen-bond acceptors (Lipinski definition) is 4. The molecule has 0 bridgehead atoms. The van der Waals surface area contributed by atoms with Gasteiger partial charge in [0.1, 0.15) is 17.1 Å². The molecule has 4 nitrogen and oxygen atoms in total. The highest BCUT2D eigenvalue weighted by Gasteiger charge is 2.36. The molecule has 4 heteroatoms. The van der Waals surface area contributed by atoms with E-state index in [1.54, 1.807) is 6.92 Å². The van der Waals surface area contributed by atoms with E-state index in [2.05, 4.69) is 0 Å². The summed E-state index contributed by atoms with van der Waals surface area (Å²) in [6.07, 6.45) is -0.419. The number of rotatable bonds is 9. The standard InChI is InChI=1S/C23H32O4/c1-7-25-20-13-9-18(10-14-20)22(4,5)27-17(3)23(6,24)19-11-15-21(16-12-19)26-8-2/h9-17,24H,7-8H2,1-6H3. The van der Waals surface area contributed by atoms with Crippen LogP contribution in [-0.2, 0) is 15.9 Å². The highest BCUT2D eigenvalue weighted by molar-refractivity contribution is 5.32. The Hall–Kier alpha value is -2.04. The summed E-state index contributed by atoms with van der Waals surface area (Å²) in [6.45, 7) is 12.9. The predicted molar refractivity (Wildman–Crippen MR) is 108 cm³/mol. The van der Waals surface area contributed by atoms with Gasteiger partial charge in [-0.3, -0.25) is 0 Å². The number of ether oxygens (including phenoxy) is 3. The van der Waals surface area contributed by atoms with E-state index in [1.807, 2.05) is 83.1 Å². The van der Waals surface area contributed by atoms with Gasteiger partial charge in [0.05, 0.1) is 24.9 Å². The molecule has 148 valence electrons. The maximum Gasteiger partial charge on any atom is 0.119 e. The molecule has 2 unspecified atom stereocenters. The lowest BCUT2D eigenvalue weighted by Crippen LogP contribution is -2.41.